The molecule has 1 unspecified atom stereocenters. The predicted molar refractivity (Wildman–Crippen MR) is 119 cm³/mol. The lowest BCUT2D eigenvalue weighted by Gasteiger charge is -2.33. The molecule has 0 saturated carbocycles. The molecule has 0 aliphatic carbocycles. The molecule has 7 heteroatoms. The average Bonchev–Trinajstić information content (AvgIpc) is 2.69. The number of likely N-dealkylation sites (N-methyl/N-ethyl adjacent to an activating group) is 1. The number of ether oxygens (including phenoxy) is 1. The largest absolute Gasteiger partial charge is 0.489 e. The summed E-state index contributed by atoms with van der Waals surface area (Å²) in [5.41, 5.74) is 1.22. The molecule has 1 aliphatic heterocycles. The summed E-state index contributed by atoms with van der Waals surface area (Å²) in [5.74, 6) is 1.86. The summed E-state index contributed by atoms with van der Waals surface area (Å²) >= 11 is 0. The van der Waals surface area contributed by atoms with Crippen molar-refractivity contribution in [1.29, 1.82) is 0 Å². The summed E-state index contributed by atoms with van der Waals surface area (Å²) in [6, 6.07) is 8.46. The highest BCUT2D eigenvalue weighted by Crippen LogP contribution is 2.13. The Morgan fingerprint density at radius 2 is 1.93 bits per heavy atom. The Hall–Kier alpha value is -2.28. The number of aliphatic imine (C=N–C) groups is 1. The Bertz CT molecular complexity index is 652. The number of amides is 1. The molecule has 1 saturated heterocycles. The van der Waals surface area contributed by atoms with Crippen molar-refractivity contribution in [2.24, 2.45) is 4.99 Å². The second kappa shape index (κ2) is 11.7. The van der Waals surface area contributed by atoms with Crippen LogP contribution in [0.1, 0.15) is 32.3 Å². The van der Waals surface area contributed by atoms with Crippen molar-refractivity contribution in [2.45, 2.75) is 45.8 Å². The van der Waals surface area contributed by atoms with Crippen molar-refractivity contribution in [2.75, 3.05) is 46.8 Å². The molecule has 0 radical (unpaired) electrons. The molecule has 1 amide bonds. The highest BCUT2D eigenvalue weighted by atomic mass is 16.5. The van der Waals surface area contributed by atoms with Crippen molar-refractivity contribution in [3.05, 3.63) is 29.8 Å². The van der Waals surface area contributed by atoms with Crippen molar-refractivity contribution >= 4 is 11.9 Å². The first-order valence-corrected chi connectivity index (χ1v) is 10.6. The van der Waals surface area contributed by atoms with Crippen LogP contribution in [0.4, 0.5) is 0 Å². The minimum Gasteiger partial charge on any atom is -0.489 e. The number of benzene rings is 1. The lowest BCUT2D eigenvalue weighted by atomic mass is 10.1. The molecular weight excluding hydrogens is 366 g/mol. The van der Waals surface area contributed by atoms with E-state index in [0.717, 1.165) is 44.2 Å². The molecule has 162 valence electrons. The molecule has 1 aromatic rings. The molecule has 1 aromatic carbocycles. The topological polar surface area (TPSA) is 69.2 Å². The van der Waals surface area contributed by atoms with E-state index >= 15 is 0 Å². The second-order valence-electron chi connectivity index (χ2n) is 7.94. The third kappa shape index (κ3) is 8.31. The average molecular weight is 404 g/mol. The van der Waals surface area contributed by atoms with Gasteiger partial charge in [-0.1, -0.05) is 17.7 Å². The Morgan fingerprint density at radius 3 is 2.52 bits per heavy atom. The molecule has 1 fully saturated rings. The van der Waals surface area contributed by atoms with Gasteiger partial charge in [0.25, 0.3) is 0 Å². The van der Waals surface area contributed by atoms with E-state index in [1.165, 1.54) is 5.56 Å². The van der Waals surface area contributed by atoms with Crippen LogP contribution in [-0.2, 0) is 4.79 Å². The summed E-state index contributed by atoms with van der Waals surface area (Å²) in [6.07, 6.45) is 1.99. The summed E-state index contributed by atoms with van der Waals surface area (Å²) in [6.45, 7) is 9.91. The number of aryl methyl sites for hydroxylation is 1. The van der Waals surface area contributed by atoms with Gasteiger partial charge in [-0.3, -0.25) is 9.69 Å². The van der Waals surface area contributed by atoms with E-state index in [-0.39, 0.29) is 12.0 Å². The molecule has 29 heavy (non-hydrogen) atoms. The molecule has 0 bridgehead atoms. The van der Waals surface area contributed by atoms with Gasteiger partial charge in [-0.25, -0.2) is 4.99 Å². The zero-order valence-electron chi connectivity index (χ0n) is 18.6. The number of nitrogens with zero attached hydrogens (tertiary/aromatic N) is 3. The van der Waals surface area contributed by atoms with Crippen LogP contribution >= 0.6 is 0 Å². The summed E-state index contributed by atoms with van der Waals surface area (Å²) < 4.78 is 5.95. The van der Waals surface area contributed by atoms with Gasteiger partial charge in [0, 0.05) is 39.8 Å². The maximum Gasteiger partial charge on any atom is 0.236 e. The van der Waals surface area contributed by atoms with Gasteiger partial charge in [-0.05, 0) is 45.7 Å². The van der Waals surface area contributed by atoms with Crippen LogP contribution in [0.25, 0.3) is 0 Å². The normalized spacial score (nSPS) is 16.9. The lowest BCUT2D eigenvalue weighted by Crippen LogP contribution is -2.50. The van der Waals surface area contributed by atoms with Crippen LogP contribution < -0.4 is 15.4 Å². The summed E-state index contributed by atoms with van der Waals surface area (Å²) in [4.78, 5) is 20.5. The van der Waals surface area contributed by atoms with E-state index in [4.69, 9.17) is 9.73 Å². The van der Waals surface area contributed by atoms with Crippen LogP contribution in [0.15, 0.2) is 29.3 Å². The van der Waals surface area contributed by atoms with Crippen molar-refractivity contribution in [3.8, 4) is 5.75 Å². The highest BCUT2D eigenvalue weighted by molar-refractivity contribution is 5.80. The van der Waals surface area contributed by atoms with Gasteiger partial charge in [0.05, 0.1) is 13.1 Å². The fraction of sp³-hybridized carbons (Fsp3) is 0.636. The van der Waals surface area contributed by atoms with E-state index < -0.39 is 0 Å². The molecule has 7 nitrogen and oxygen atoms in total. The quantitative estimate of drug-likeness (QED) is 0.512. The lowest BCUT2D eigenvalue weighted by molar-refractivity contribution is -0.130. The number of hydrogen-bond donors (Lipinski definition) is 2. The van der Waals surface area contributed by atoms with E-state index in [9.17, 15) is 4.79 Å². The van der Waals surface area contributed by atoms with Gasteiger partial charge in [0.1, 0.15) is 11.9 Å². The fourth-order valence-electron chi connectivity index (χ4n) is 3.19. The number of nitrogens with one attached hydrogen (secondary N) is 2. The maximum atomic E-state index is 11.9. The van der Waals surface area contributed by atoms with Crippen LogP contribution in [0.2, 0.25) is 0 Å². The van der Waals surface area contributed by atoms with Crippen molar-refractivity contribution in [1.82, 2.24) is 20.4 Å². The van der Waals surface area contributed by atoms with Gasteiger partial charge >= 0.3 is 0 Å². The predicted octanol–water partition coefficient (Wildman–Crippen LogP) is 1.87. The summed E-state index contributed by atoms with van der Waals surface area (Å²) in [5, 5.41) is 6.87. The molecule has 1 heterocycles. The van der Waals surface area contributed by atoms with E-state index in [1.54, 1.807) is 19.0 Å². The van der Waals surface area contributed by atoms with Crippen LogP contribution in [0.5, 0.6) is 5.75 Å². The number of piperidine rings is 1. The first kappa shape index (κ1) is 23.0. The SMILES string of the molecule is CCNC(=NCC(C)Oc1ccc(C)cc1)NC1CCN(CC(=O)N(C)C)CC1. The molecule has 2 rings (SSSR count). The minimum atomic E-state index is -0.00736. The van der Waals surface area contributed by atoms with E-state index in [2.05, 4.69) is 41.5 Å². The van der Waals surface area contributed by atoms with Crippen LogP contribution in [-0.4, -0.2) is 80.6 Å². The standard InChI is InChI=1S/C22H37N5O2/c1-6-23-22(24-15-18(3)29-20-9-7-17(2)8-10-20)25-19-11-13-27(14-12-19)16-21(28)26(4)5/h7-10,18-19H,6,11-16H2,1-5H3,(H2,23,24,25). The highest BCUT2D eigenvalue weighted by Gasteiger charge is 2.22. The molecule has 0 aromatic heterocycles. The first-order valence-electron chi connectivity index (χ1n) is 10.6. The monoisotopic (exact) mass is 403 g/mol. The Morgan fingerprint density at radius 1 is 1.28 bits per heavy atom. The minimum absolute atomic E-state index is 0.00736. The van der Waals surface area contributed by atoms with Crippen molar-refractivity contribution in [3.63, 3.8) is 0 Å². The number of carbonyl (C=O) groups is 1. The Kier molecular flexibility index (Phi) is 9.25. The zero-order valence-corrected chi connectivity index (χ0v) is 18.6. The van der Waals surface area contributed by atoms with Gasteiger partial charge in [-0.2, -0.15) is 0 Å². The molecule has 0 spiro atoms. The second-order valence-corrected chi connectivity index (χ2v) is 7.94. The van der Waals surface area contributed by atoms with E-state index in [1.807, 2.05) is 19.1 Å². The number of likely N-dealkylation sites (tertiary alicyclic amines) is 1. The van der Waals surface area contributed by atoms with E-state index in [0.29, 0.717) is 19.1 Å². The third-order valence-electron chi connectivity index (χ3n) is 5.00. The molecular formula is C22H37N5O2. The third-order valence-corrected chi connectivity index (χ3v) is 5.00. The van der Waals surface area contributed by atoms with Gasteiger partial charge < -0.3 is 20.3 Å². The number of hydrogen-bond acceptors (Lipinski definition) is 4. The fourth-order valence-corrected chi connectivity index (χ4v) is 3.19. The molecule has 1 atom stereocenters. The number of rotatable bonds is 8. The Balaban J connectivity index is 1.80. The molecule has 2 N–H and O–H groups in total. The van der Waals surface area contributed by atoms with Crippen molar-refractivity contribution < 1.29 is 9.53 Å². The van der Waals surface area contributed by atoms with Gasteiger partial charge in [-0.15, -0.1) is 0 Å². The number of guanidine groups is 1. The Labute approximate surface area is 175 Å². The summed E-state index contributed by atoms with van der Waals surface area (Å²) in [7, 11) is 3.61. The van der Waals surface area contributed by atoms with Gasteiger partial charge in [0.2, 0.25) is 5.91 Å². The molecule has 1 aliphatic rings. The van der Waals surface area contributed by atoms with Crippen LogP contribution in [0, 0.1) is 6.92 Å². The number of carbonyl (C=O) groups excluding carboxylic acids is 1. The zero-order chi connectivity index (χ0) is 21.2. The van der Waals surface area contributed by atoms with Gasteiger partial charge in [0.15, 0.2) is 5.96 Å². The smallest absolute Gasteiger partial charge is 0.236 e. The first-order chi connectivity index (χ1) is 13.9. The van der Waals surface area contributed by atoms with Crippen LogP contribution in [0.3, 0.4) is 0 Å². The maximum absolute atomic E-state index is 11.9.